The van der Waals surface area contributed by atoms with Gasteiger partial charge in [0.1, 0.15) is 0 Å². The highest BCUT2D eigenvalue weighted by molar-refractivity contribution is 5.72. The summed E-state index contributed by atoms with van der Waals surface area (Å²) in [5.41, 5.74) is 6.27. The molecule has 4 aromatic rings. The van der Waals surface area contributed by atoms with Crippen LogP contribution < -0.4 is 0 Å². The average molecular weight is 307 g/mol. The predicted molar refractivity (Wildman–Crippen MR) is 97.2 cm³/mol. The highest BCUT2D eigenvalue weighted by atomic mass is 14.7. The maximum atomic E-state index is 4.58. The Morgan fingerprint density at radius 3 is 1.96 bits per heavy atom. The van der Waals surface area contributed by atoms with Crippen LogP contribution in [-0.4, -0.2) is 9.97 Å². The first-order chi connectivity index (χ1) is 11.9. The van der Waals surface area contributed by atoms with Gasteiger partial charge in [-0.3, -0.25) is 9.97 Å². The van der Waals surface area contributed by atoms with Crippen LogP contribution in [0.15, 0.2) is 91.3 Å². The smallest absolute Gasteiger partial charge is 0.0971 e. The van der Waals surface area contributed by atoms with Crippen molar-refractivity contribution in [3.8, 4) is 33.5 Å². The van der Waals surface area contributed by atoms with E-state index in [2.05, 4.69) is 52.6 Å². The van der Waals surface area contributed by atoms with Crippen molar-refractivity contribution >= 4 is 0 Å². The first kappa shape index (κ1) is 14.3. The van der Waals surface area contributed by atoms with Crippen LogP contribution in [0.25, 0.3) is 33.5 Å². The van der Waals surface area contributed by atoms with Gasteiger partial charge >= 0.3 is 0 Å². The van der Waals surface area contributed by atoms with Gasteiger partial charge in [-0.05, 0) is 17.7 Å². The highest BCUT2D eigenvalue weighted by Gasteiger charge is 2.04. The minimum Gasteiger partial charge on any atom is -0.256 e. The topological polar surface area (TPSA) is 25.8 Å². The van der Waals surface area contributed by atoms with E-state index in [0.717, 1.165) is 33.5 Å². The van der Waals surface area contributed by atoms with Crippen LogP contribution in [0.4, 0.5) is 0 Å². The van der Waals surface area contributed by atoms with Gasteiger partial charge in [0.25, 0.3) is 0 Å². The van der Waals surface area contributed by atoms with Crippen molar-refractivity contribution in [3.63, 3.8) is 0 Å². The van der Waals surface area contributed by atoms with Gasteiger partial charge in [-0.15, -0.1) is 0 Å². The van der Waals surface area contributed by atoms with Crippen molar-refractivity contribution in [2.45, 2.75) is 0 Å². The molecule has 4 rings (SSSR count). The van der Waals surface area contributed by atoms with E-state index in [-0.39, 0.29) is 0 Å². The zero-order valence-electron chi connectivity index (χ0n) is 13.1. The van der Waals surface area contributed by atoms with Gasteiger partial charge in [-0.2, -0.15) is 0 Å². The lowest BCUT2D eigenvalue weighted by Gasteiger charge is -2.06. The molecule has 0 aliphatic rings. The van der Waals surface area contributed by atoms with Crippen molar-refractivity contribution in [1.29, 1.82) is 0 Å². The Morgan fingerprint density at radius 1 is 0.583 bits per heavy atom. The van der Waals surface area contributed by atoms with Crippen molar-refractivity contribution in [2.24, 2.45) is 0 Å². The van der Waals surface area contributed by atoms with Crippen LogP contribution in [0.1, 0.15) is 0 Å². The Balaban J connectivity index is 1.67. The van der Waals surface area contributed by atoms with E-state index in [1.54, 1.807) is 0 Å². The van der Waals surface area contributed by atoms with Gasteiger partial charge in [0.2, 0.25) is 0 Å². The van der Waals surface area contributed by atoms with E-state index in [4.69, 9.17) is 0 Å². The molecule has 2 heteroatoms. The van der Waals surface area contributed by atoms with Crippen LogP contribution in [-0.2, 0) is 0 Å². The van der Waals surface area contributed by atoms with E-state index in [9.17, 15) is 0 Å². The zero-order valence-corrected chi connectivity index (χ0v) is 13.1. The van der Waals surface area contributed by atoms with Crippen LogP contribution in [0.2, 0.25) is 0 Å². The quantitative estimate of drug-likeness (QED) is 0.515. The van der Waals surface area contributed by atoms with Crippen molar-refractivity contribution < 1.29 is 0 Å². The van der Waals surface area contributed by atoms with Gasteiger partial charge in [-0.1, -0.05) is 66.7 Å². The molecule has 0 spiro atoms. The summed E-state index contributed by atoms with van der Waals surface area (Å²) in [7, 11) is 0. The van der Waals surface area contributed by atoms with Gasteiger partial charge in [-0.25, -0.2) is 0 Å². The summed E-state index contributed by atoms with van der Waals surface area (Å²) >= 11 is 0. The number of hydrogen-bond donors (Lipinski definition) is 0. The van der Waals surface area contributed by atoms with Gasteiger partial charge in [0.15, 0.2) is 0 Å². The summed E-state index contributed by atoms with van der Waals surface area (Å²) < 4.78 is 0. The molecule has 0 saturated heterocycles. The number of rotatable bonds is 3. The molecular formula is C22H15N2. The van der Waals surface area contributed by atoms with E-state index in [1.165, 1.54) is 0 Å². The summed E-state index contributed by atoms with van der Waals surface area (Å²) in [6, 6.07) is 26.6. The molecule has 0 amide bonds. The Hall–Kier alpha value is -3.26. The third-order valence-electron chi connectivity index (χ3n) is 3.94. The molecule has 0 aliphatic heterocycles. The minimum absolute atomic E-state index is 0.948. The Morgan fingerprint density at radius 2 is 1.29 bits per heavy atom. The molecule has 0 saturated carbocycles. The first-order valence-corrected chi connectivity index (χ1v) is 7.85. The van der Waals surface area contributed by atoms with E-state index >= 15 is 0 Å². The predicted octanol–water partition coefficient (Wildman–Crippen LogP) is 5.28. The molecule has 0 aliphatic carbocycles. The molecule has 2 aromatic carbocycles. The normalized spacial score (nSPS) is 10.5. The summed E-state index contributed by atoms with van der Waals surface area (Å²) in [6.45, 7) is 0. The van der Waals surface area contributed by atoms with Crippen LogP contribution >= 0.6 is 0 Å². The molecule has 24 heavy (non-hydrogen) atoms. The standard InChI is InChI=1S/C22H15N2/c1-3-7-17(8-4-1)20-13-21(15-23-14-20)19-11-12-22(24-16-19)18-9-5-2-6-10-18/h1-14,16H. The molecule has 113 valence electrons. The van der Waals surface area contributed by atoms with Crippen molar-refractivity contribution in [3.05, 3.63) is 97.5 Å². The molecule has 0 fully saturated rings. The molecule has 0 bridgehead atoms. The summed E-state index contributed by atoms with van der Waals surface area (Å²) in [5, 5.41) is 0. The molecule has 0 atom stereocenters. The monoisotopic (exact) mass is 307 g/mol. The van der Waals surface area contributed by atoms with Crippen LogP contribution in [0.5, 0.6) is 0 Å². The average Bonchev–Trinajstić information content (AvgIpc) is 2.70. The second-order valence-electron chi connectivity index (χ2n) is 5.55. The van der Waals surface area contributed by atoms with Gasteiger partial charge in [0, 0.05) is 34.6 Å². The summed E-state index contributed by atoms with van der Waals surface area (Å²) in [4.78, 5) is 8.85. The van der Waals surface area contributed by atoms with E-state index in [1.807, 2.05) is 54.9 Å². The number of hydrogen-bond acceptors (Lipinski definition) is 2. The molecule has 0 unspecified atom stereocenters. The lowest BCUT2D eigenvalue weighted by atomic mass is 10.0. The molecule has 2 nitrogen and oxygen atoms in total. The van der Waals surface area contributed by atoms with Crippen LogP contribution in [0, 0.1) is 6.20 Å². The number of benzene rings is 2. The van der Waals surface area contributed by atoms with Crippen LogP contribution in [0.3, 0.4) is 0 Å². The Labute approximate surface area is 141 Å². The second kappa shape index (κ2) is 6.47. The molecule has 2 heterocycles. The molecular weight excluding hydrogens is 292 g/mol. The molecule has 2 aromatic heterocycles. The number of pyridine rings is 2. The fraction of sp³-hybridized carbons (Fsp3) is 0. The largest absolute Gasteiger partial charge is 0.256 e. The first-order valence-electron chi connectivity index (χ1n) is 7.85. The Bertz CT molecular complexity index is 930. The minimum atomic E-state index is 0.948. The highest BCUT2D eigenvalue weighted by Crippen LogP contribution is 2.25. The molecule has 1 radical (unpaired) electrons. The number of aromatic nitrogens is 2. The molecule has 0 N–H and O–H groups in total. The Kier molecular flexibility index (Phi) is 3.86. The van der Waals surface area contributed by atoms with Gasteiger partial charge in [0.05, 0.1) is 11.9 Å². The van der Waals surface area contributed by atoms with Crippen molar-refractivity contribution in [2.75, 3.05) is 0 Å². The lowest BCUT2D eigenvalue weighted by Crippen LogP contribution is -1.87. The summed E-state index contributed by atoms with van der Waals surface area (Å²) in [5.74, 6) is 0. The second-order valence-corrected chi connectivity index (χ2v) is 5.55. The lowest BCUT2D eigenvalue weighted by molar-refractivity contribution is 1.29. The SMILES string of the molecule is [c]1ncc(-c2ccccc2)cc1-c1ccc(-c2ccccc2)nc1. The number of nitrogens with zero attached hydrogens (tertiary/aromatic N) is 2. The van der Waals surface area contributed by atoms with E-state index < -0.39 is 0 Å². The maximum absolute atomic E-state index is 4.58. The van der Waals surface area contributed by atoms with Crippen molar-refractivity contribution in [1.82, 2.24) is 9.97 Å². The zero-order chi connectivity index (χ0) is 16.2. The third kappa shape index (κ3) is 2.95. The fourth-order valence-electron chi connectivity index (χ4n) is 2.67. The van der Waals surface area contributed by atoms with E-state index in [0.29, 0.717) is 0 Å². The van der Waals surface area contributed by atoms with Gasteiger partial charge < -0.3 is 0 Å². The third-order valence-corrected chi connectivity index (χ3v) is 3.94. The fourth-order valence-corrected chi connectivity index (χ4v) is 2.67. The maximum Gasteiger partial charge on any atom is 0.0971 e. The summed E-state index contributed by atoms with van der Waals surface area (Å²) in [6.07, 6.45) is 6.78.